The van der Waals surface area contributed by atoms with E-state index in [-0.39, 0.29) is 30.8 Å². The number of anilines is 1. The fourth-order valence-electron chi connectivity index (χ4n) is 2.96. The molecule has 0 atom stereocenters. The molecule has 3 aromatic rings. The van der Waals surface area contributed by atoms with Crippen molar-refractivity contribution in [2.75, 3.05) is 31.7 Å². The smallest absolute Gasteiger partial charge is 0.251 e. The van der Waals surface area contributed by atoms with Crippen LogP contribution in [0.3, 0.4) is 0 Å². The maximum atomic E-state index is 12.4. The summed E-state index contributed by atoms with van der Waals surface area (Å²) in [6, 6.07) is 20.6. The van der Waals surface area contributed by atoms with Crippen molar-refractivity contribution in [3.8, 4) is 0 Å². The Labute approximate surface area is 179 Å². The van der Waals surface area contributed by atoms with Gasteiger partial charge in [0.15, 0.2) is 0 Å². The Morgan fingerprint density at radius 1 is 0.933 bits per heavy atom. The molecule has 0 aromatic heterocycles. The third kappa shape index (κ3) is 5.39. The van der Waals surface area contributed by atoms with Crippen molar-refractivity contribution in [3.05, 3.63) is 72.3 Å². The molecule has 0 aliphatic carbocycles. The predicted octanol–water partition coefficient (Wildman–Crippen LogP) is 3.39. The lowest BCUT2D eigenvalue weighted by molar-refractivity contribution is -0.132. The summed E-state index contributed by atoms with van der Waals surface area (Å²) >= 11 is 1.53. The molecular formula is C23H23N3O3S. The average molecular weight is 422 g/mol. The largest absolute Gasteiger partial charge is 0.343 e. The first-order chi connectivity index (χ1) is 14.5. The Morgan fingerprint density at radius 2 is 1.63 bits per heavy atom. The molecule has 154 valence electrons. The Bertz CT molecular complexity index is 1080. The minimum Gasteiger partial charge on any atom is -0.343 e. The second-order valence-corrected chi connectivity index (χ2v) is 7.59. The van der Waals surface area contributed by atoms with Gasteiger partial charge in [0, 0.05) is 17.5 Å². The minimum absolute atomic E-state index is 0.104. The molecule has 0 radical (unpaired) electrons. The van der Waals surface area contributed by atoms with Gasteiger partial charge in [-0.3, -0.25) is 14.4 Å². The van der Waals surface area contributed by atoms with Gasteiger partial charge in [-0.25, -0.2) is 0 Å². The summed E-state index contributed by atoms with van der Waals surface area (Å²) in [7, 11) is 1.53. The second kappa shape index (κ2) is 9.93. The van der Waals surface area contributed by atoms with Gasteiger partial charge in [0.05, 0.1) is 18.8 Å². The number of amides is 3. The molecule has 2 N–H and O–H groups in total. The van der Waals surface area contributed by atoms with Gasteiger partial charge in [0.1, 0.15) is 0 Å². The van der Waals surface area contributed by atoms with E-state index >= 15 is 0 Å². The lowest BCUT2D eigenvalue weighted by atomic mass is 10.1. The van der Waals surface area contributed by atoms with Crippen LogP contribution in [0.4, 0.5) is 5.69 Å². The molecule has 7 heteroatoms. The van der Waals surface area contributed by atoms with E-state index in [1.54, 1.807) is 12.1 Å². The highest BCUT2D eigenvalue weighted by molar-refractivity contribution is 7.98. The zero-order valence-electron chi connectivity index (χ0n) is 16.8. The molecule has 0 heterocycles. The Morgan fingerprint density at radius 3 is 2.40 bits per heavy atom. The Hall–Kier alpha value is -3.32. The zero-order valence-corrected chi connectivity index (χ0v) is 17.7. The van der Waals surface area contributed by atoms with Crippen LogP contribution in [0.2, 0.25) is 0 Å². The normalized spacial score (nSPS) is 10.5. The van der Waals surface area contributed by atoms with E-state index in [9.17, 15) is 14.4 Å². The maximum Gasteiger partial charge on any atom is 0.251 e. The van der Waals surface area contributed by atoms with E-state index in [0.29, 0.717) is 11.3 Å². The van der Waals surface area contributed by atoms with E-state index in [2.05, 4.69) is 10.6 Å². The van der Waals surface area contributed by atoms with Crippen molar-refractivity contribution in [1.82, 2.24) is 10.2 Å². The molecule has 0 aliphatic rings. The highest BCUT2D eigenvalue weighted by Gasteiger charge is 2.15. The molecule has 30 heavy (non-hydrogen) atoms. The molecule has 3 rings (SSSR count). The van der Waals surface area contributed by atoms with Crippen LogP contribution in [-0.4, -0.2) is 49.0 Å². The molecule has 0 bridgehead atoms. The second-order valence-electron chi connectivity index (χ2n) is 6.74. The average Bonchev–Trinajstić information content (AvgIpc) is 2.77. The molecule has 6 nitrogen and oxygen atoms in total. The molecule has 3 amide bonds. The number of rotatable bonds is 7. The van der Waals surface area contributed by atoms with Crippen LogP contribution < -0.4 is 10.6 Å². The molecule has 0 fully saturated rings. The van der Waals surface area contributed by atoms with Gasteiger partial charge in [-0.15, -0.1) is 11.8 Å². The monoisotopic (exact) mass is 421 g/mol. The first kappa shape index (κ1) is 21.4. The quantitative estimate of drug-likeness (QED) is 0.573. The topological polar surface area (TPSA) is 78.5 Å². The molecule has 0 spiro atoms. The first-order valence-electron chi connectivity index (χ1n) is 9.42. The van der Waals surface area contributed by atoms with Crippen LogP contribution in [0.15, 0.2) is 71.6 Å². The van der Waals surface area contributed by atoms with Crippen LogP contribution in [0.25, 0.3) is 10.8 Å². The van der Waals surface area contributed by atoms with Gasteiger partial charge in [-0.1, -0.05) is 42.5 Å². The number of benzene rings is 3. The number of hydrogen-bond acceptors (Lipinski definition) is 4. The van der Waals surface area contributed by atoms with Gasteiger partial charge in [0.25, 0.3) is 5.91 Å². The fourth-order valence-corrected chi connectivity index (χ4v) is 3.52. The van der Waals surface area contributed by atoms with Crippen molar-refractivity contribution >= 4 is 45.9 Å². The van der Waals surface area contributed by atoms with Crippen molar-refractivity contribution < 1.29 is 14.4 Å². The Kier molecular flexibility index (Phi) is 7.08. The summed E-state index contributed by atoms with van der Waals surface area (Å²) in [6.07, 6.45) is 1.93. The summed E-state index contributed by atoms with van der Waals surface area (Å²) in [6.45, 7) is -0.287. The van der Waals surface area contributed by atoms with Crippen molar-refractivity contribution in [2.24, 2.45) is 0 Å². The lowest BCUT2D eigenvalue weighted by Gasteiger charge is -2.18. The number of nitrogens with one attached hydrogen (secondary N) is 2. The van der Waals surface area contributed by atoms with Crippen LogP contribution >= 0.6 is 11.8 Å². The number of carbonyl (C=O) groups is 3. The van der Waals surface area contributed by atoms with Crippen LogP contribution in [0, 0.1) is 0 Å². The van der Waals surface area contributed by atoms with E-state index in [0.717, 1.165) is 15.7 Å². The molecule has 0 saturated carbocycles. The molecular weight excluding hydrogens is 398 g/mol. The lowest BCUT2D eigenvalue weighted by Crippen LogP contribution is -2.41. The number of fused-ring (bicyclic) bond motifs is 1. The standard InChI is InChI=1S/C23H23N3O3S/c1-26(15-21(27)25-19-9-5-6-10-20(19)30-2)22(28)14-24-23(29)18-12-11-16-7-3-4-8-17(16)13-18/h3-13H,14-15H2,1-2H3,(H,24,29)(H,25,27). The first-order valence-corrected chi connectivity index (χ1v) is 10.6. The highest BCUT2D eigenvalue weighted by atomic mass is 32.2. The van der Waals surface area contributed by atoms with E-state index < -0.39 is 0 Å². The third-order valence-electron chi connectivity index (χ3n) is 4.60. The summed E-state index contributed by atoms with van der Waals surface area (Å²) in [5.74, 6) is -0.980. The third-order valence-corrected chi connectivity index (χ3v) is 5.40. The summed E-state index contributed by atoms with van der Waals surface area (Å²) in [5.41, 5.74) is 1.19. The predicted molar refractivity (Wildman–Crippen MR) is 121 cm³/mol. The van der Waals surface area contributed by atoms with Gasteiger partial charge in [-0.05, 0) is 41.3 Å². The SMILES string of the molecule is CSc1ccccc1NC(=O)CN(C)C(=O)CNC(=O)c1ccc2ccccc2c1. The minimum atomic E-state index is -0.350. The van der Waals surface area contributed by atoms with Gasteiger partial charge in [0.2, 0.25) is 11.8 Å². The number of likely N-dealkylation sites (N-methyl/N-ethyl adjacent to an activating group) is 1. The molecule has 0 saturated heterocycles. The van der Waals surface area contributed by atoms with Crippen LogP contribution in [0.1, 0.15) is 10.4 Å². The van der Waals surface area contributed by atoms with Crippen molar-refractivity contribution in [1.29, 1.82) is 0 Å². The van der Waals surface area contributed by atoms with E-state index in [1.165, 1.54) is 23.7 Å². The Balaban J connectivity index is 1.52. The fraction of sp³-hybridized carbons (Fsp3) is 0.174. The van der Waals surface area contributed by atoms with Gasteiger partial charge in [-0.2, -0.15) is 0 Å². The van der Waals surface area contributed by atoms with Crippen molar-refractivity contribution in [2.45, 2.75) is 4.90 Å². The zero-order chi connectivity index (χ0) is 21.5. The number of nitrogens with zero attached hydrogens (tertiary/aromatic N) is 1. The molecule has 3 aromatic carbocycles. The number of thioether (sulfide) groups is 1. The maximum absolute atomic E-state index is 12.4. The number of para-hydroxylation sites is 1. The number of carbonyl (C=O) groups excluding carboxylic acids is 3. The summed E-state index contributed by atoms with van der Waals surface area (Å²) in [5, 5.41) is 7.43. The molecule has 0 unspecified atom stereocenters. The van der Waals surface area contributed by atoms with Gasteiger partial charge < -0.3 is 15.5 Å². The van der Waals surface area contributed by atoms with Crippen LogP contribution in [0.5, 0.6) is 0 Å². The summed E-state index contributed by atoms with van der Waals surface area (Å²) in [4.78, 5) is 39.2. The highest BCUT2D eigenvalue weighted by Crippen LogP contribution is 2.24. The number of hydrogen-bond donors (Lipinski definition) is 2. The van der Waals surface area contributed by atoms with Crippen molar-refractivity contribution in [3.63, 3.8) is 0 Å². The van der Waals surface area contributed by atoms with E-state index in [4.69, 9.17) is 0 Å². The van der Waals surface area contributed by atoms with E-state index in [1.807, 2.05) is 60.9 Å². The van der Waals surface area contributed by atoms with Gasteiger partial charge >= 0.3 is 0 Å². The van der Waals surface area contributed by atoms with Crippen LogP contribution in [-0.2, 0) is 9.59 Å². The summed E-state index contributed by atoms with van der Waals surface area (Å²) < 4.78 is 0. The molecule has 0 aliphatic heterocycles.